The largest absolute Gasteiger partial charge is 0.456 e. The quantitative estimate of drug-likeness (QED) is 0.186. The molecule has 234 valence electrons. The van der Waals surface area contributed by atoms with Crippen molar-refractivity contribution in [1.29, 1.82) is 0 Å². The summed E-state index contributed by atoms with van der Waals surface area (Å²) >= 11 is 0. The van der Waals surface area contributed by atoms with Crippen LogP contribution >= 0.6 is 0 Å². The molecule has 0 N–H and O–H groups in total. The minimum absolute atomic E-state index is 0.0420. The van der Waals surface area contributed by atoms with E-state index < -0.39 is 60.4 Å². The van der Waals surface area contributed by atoms with Gasteiger partial charge in [0.25, 0.3) is 0 Å². The Kier molecular flexibility index (Phi) is 4.52. The molecule has 10 aromatic rings. The van der Waals surface area contributed by atoms with E-state index in [-0.39, 0.29) is 28.6 Å². The van der Waals surface area contributed by atoms with E-state index in [0.29, 0.717) is 16.7 Å². The van der Waals surface area contributed by atoms with Crippen LogP contribution in [-0.4, -0.2) is 19.5 Å². The molecule has 0 saturated carbocycles. The Morgan fingerprint density at radius 1 is 0.420 bits per heavy atom. The highest BCUT2D eigenvalue weighted by atomic mass is 16.3. The Labute approximate surface area is 301 Å². The fourth-order valence-corrected chi connectivity index (χ4v) is 6.56. The van der Waals surface area contributed by atoms with Gasteiger partial charge >= 0.3 is 0 Å². The van der Waals surface area contributed by atoms with Crippen LogP contribution in [0.1, 0.15) is 13.7 Å². The molecule has 0 fully saturated rings. The standard InChI is InChI=1S/C45H28N4O/c1-4-12-29(13-5-1)43-46-44(30-14-6-2-7-15-30)48-45(47-43)33-21-24-37-36-23-20-32(27-41(36)50-42(37)28-33)31-22-25-40-38(26-31)35-18-10-11-19-39(35)49(40)34-16-8-3-9-17-34/h1-28H/i1D,2D,4D,5D,6D,7D,12D,13D,14D,15D. The predicted octanol–water partition coefficient (Wildman–Crippen LogP) is 11.5. The maximum absolute atomic E-state index is 8.62. The summed E-state index contributed by atoms with van der Waals surface area (Å²) in [6, 6.07) is 30.4. The highest BCUT2D eigenvalue weighted by molar-refractivity contribution is 6.11. The Morgan fingerprint density at radius 3 is 1.62 bits per heavy atom. The Morgan fingerprint density at radius 2 is 0.940 bits per heavy atom. The lowest BCUT2D eigenvalue weighted by molar-refractivity contribution is 0.669. The lowest BCUT2D eigenvalue weighted by Gasteiger charge is -2.08. The number of hydrogen-bond acceptors (Lipinski definition) is 4. The molecule has 3 heterocycles. The number of furan rings is 1. The molecule has 0 atom stereocenters. The van der Waals surface area contributed by atoms with Crippen molar-refractivity contribution < 1.29 is 18.1 Å². The van der Waals surface area contributed by atoms with E-state index in [1.807, 2.05) is 54.6 Å². The van der Waals surface area contributed by atoms with Crippen molar-refractivity contribution in [3.05, 3.63) is 170 Å². The summed E-state index contributed by atoms with van der Waals surface area (Å²) in [5.41, 5.74) is 6.05. The number of para-hydroxylation sites is 2. The summed E-state index contributed by atoms with van der Waals surface area (Å²) in [5.74, 6) is -0.714. The van der Waals surface area contributed by atoms with Crippen molar-refractivity contribution in [2.75, 3.05) is 0 Å². The first-order chi connectivity index (χ1) is 28.9. The first-order valence-electron chi connectivity index (χ1n) is 20.9. The van der Waals surface area contributed by atoms with Gasteiger partial charge in [-0.1, -0.05) is 115 Å². The SMILES string of the molecule is [2H]c1c([2H])c([2H])c(-c2nc(-c3ccc4c(c3)oc3cc(-c5ccc6c(c5)c5ccccc5n6-c5ccccc5)ccc34)nc(-c3c([2H])c([2H])c([2H])c([2H])c3[2H])n2)c([2H])c1[2H]. The van der Waals surface area contributed by atoms with Crippen LogP contribution in [0.5, 0.6) is 0 Å². The maximum Gasteiger partial charge on any atom is 0.164 e. The molecule has 0 saturated heterocycles. The van der Waals surface area contributed by atoms with Crippen LogP contribution in [0.4, 0.5) is 0 Å². The van der Waals surface area contributed by atoms with Crippen LogP contribution in [-0.2, 0) is 0 Å². The minimum atomic E-state index is -0.612. The highest BCUT2D eigenvalue weighted by Crippen LogP contribution is 2.38. The molecule has 0 unspecified atom stereocenters. The number of nitrogens with zero attached hydrogens (tertiary/aromatic N) is 4. The number of aromatic nitrogens is 4. The summed E-state index contributed by atoms with van der Waals surface area (Å²) < 4.78 is 92.4. The molecule has 0 aliphatic heterocycles. The number of hydrogen-bond donors (Lipinski definition) is 0. The second-order valence-electron chi connectivity index (χ2n) is 11.8. The molecule has 0 radical (unpaired) electrons. The lowest BCUT2D eigenvalue weighted by Crippen LogP contribution is -2.00. The van der Waals surface area contributed by atoms with Crippen LogP contribution in [0.2, 0.25) is 0 Å². The average Bonchev–Trinajstić information content (AvgIpc) is 3.81. The van der Waals surface area contributed by atoms with Gasteiger partial charge in [-0.2, -0.15) is 0 Å². The van der Waals surface area contributed by atoms with E-state index in [2.05, 4.69) is 62.0 Å². The summed E-state index contributed by atoms with van der Waals surface area (Å²) in [4.78, 5) is 13.5. The molecule has 10 rings (SSSR count). The smallest absolute Gasteiger partial charge is 0.164 e. The molecule has 5 nitrogen and oxygen atoms in total. The van der Waals surface area contributed by atoms with Crippen LogP contribution in [0.3, 0.4) is 0 Å². The van der Waals surface area contributed by atoms with E-state index in [0.717, 1.165) is 49.4 Å². The van der Waals surface area contributed by atoms with Gasteiger partial charge in [0.1, 0.15) is 11.2 Å². The predicted molar refractivity (Wildman–Crippen MR) is 203 cm³/mol. The van der Waals surface area contributed by atoms with Crippen LogP contribution in [0, 0.1) is 0 Å². The van der Waals surface area contributed by atoms with E-state index in [1.54, 1.807) is 12.1 Å². The zero-order valence-electron chi connectivity index (χ0n) is 36.1. The van der Waals surface area contributed by atoms with E-state index >= 15 is 0 Å². The minimum Gasteiger partial charge on any atom is -0.456 e. The number of rotatable bonds is 5. The van der Waals surface area contributed by atoms with Crippen LogP contribution in [0.15, 0.2) is 174 Å². The summed E-state index contributed by atoms with van der Waals surface area (Å²) in [7, 11) is 0. The Bertz CT molecular complexity index is 3310. The van der Waals surface area contributed by atoms with Crippen molar-refractivity contribution in [2.24, 2.45) is 0 Å². The third kappa shape index (κ3) is 4.67. The zero-order valence-corrected chi connectivity index (χ0v) is 26.1. The van der Waals surface area contributed by atoms with Gasteiger partial charge in [0.2, 0.25) is 0 Å². The molecule has 0 aliphatic rings. The first-order valence-corrected chi connectivity index (χ1v) is 15.9. The van der Waals surface area contributed by atoms with Gasteiger partial charge in [0, 0.05) is 43.9 Å². The van der Waals surface area contributed by atoms with Crippen molar-refractivity contribution >= 4 is 43.7 Å². The fraction of sp³-hybridized carbons (Fsp3) is 0. The van der Waals surface area contributed by atoms with Gasteiger partial charge in [0.15, 0.2) is 17.5 Å². The van der Waals surface area contributed by atoms with Gasteiger partial charge in [-0.15, -0.1) is 0 Å². The third-order valence-corrected chi connectivity index (χ3v) is 8.83. The van der Waals surface area contributed by atoms with Crippen LogP contribution in [0.25, 0.3) is 94.7 Å². The van der Waals surface area contributed by atoms with Crippen molar-refractivity contribution in [2.45, 2.75) is 0 Å². The third-order valence-electron chi connectivity index (χ3n) is 8.83. The molecular formula is C45H28N4O. The molecule has 0 bridgehead atoms. The van der Waals surface area contributed by atoms with Gasteiger partial charge < -0.3 is 8.98 Å². The second-order valence-corrected chi connectivity index (χ2v) is 11.8. The molecule has 0 amide bonds. The highest BCUT2D eigenvalue weighted by Gasteiger charge is 2.16. The van der Waals surface area contributed by atoms with Crippen LogP contribution < -0.4 is 0 Å². The maximum atomic E-state index is 8.62. The molecule has 3 aromatic heterocycles. The van der Waals surface area contributed by atoms with E-state index in [9.17, 15) is 0 Å². The molecule has 5 heteroatoms. The summed E-state index contributed by atoms with van der Waals surface area (Å²) in [6.07, 6.45) is 0. The fourth-order valence-electron chi connectivity index (χ4n) is 6.56. The van der Waals surface area contributed by atoms with E-state index in [1.165, 1.54) is 0 Å². The average molecular weight is 651 g/mol. The van der Waals surface area contributed by atoms with Gasteiger partial charge in [0.05, 0.1) is 24.7 Å². The molecule has 7 aromatic carbocycles. The monoisotopic (exact) mass is 650 g/mol. The first kappa shape index (κ1) is 19.8. The molecular weight excluding hydrogens is 613 g/mol. The molecule has 50 heavy (non-hydrogen) atoms. The molecule has 0 aliphatic carbocycles. The van der Waals surface area contributed by atoms with Gasteiger partial charge in [-0.25, -0.2) is 15.0 Å². The number of fused-ring (bicyclic) bond motifs is 6. The second kappa shape index (κ2) is 11.4. The van der Waals surface area contributed by atoms with Gasteiger partial charge in [-0.05, 0) is 65.7 Å². The normalized spacial score (nSPS) is 14.4. The van der Waals surface area contributed by atoms with Crippen molar-refractivity contribution in [3.63, 3.8) is 0 Å². The van der Waals surface area contributed by atoms with Crippen molar-refractivity contribution in [3.8, 4) is 51.0 Å². The zero-order chi connectivity index (χ0) is 41.7. The van der Waals surface area contributed by atoms with E-state index in [4.69, 9.17) is 18.1 Å². The Balaban J connectivity index is 1.12. The summed E-state index contributed by atoms with van der Waals surface area (Å²) in [6.45, 7) is 0. The molecule has 0 spiro atoms. The lowest BCUT2D eigenvalue weighted by atomic mass is 10.0. The summed E-state index contributed by atoms with van der Waals surface area (Å²) in [5, 5.41) is 3.91. The number of benzene rings is 7. The van der Waals surface area contributed by atoms with Gasteiger partial charge in [-0.3, -0.25) is 0 Å². The van der Waals surface area contributed by atoms with Crippen molar-refractivity contribution in [1.82, 2.24) is 19.5 Å². The topological polar surface area (TPSA) is 56.7 Å². The Hall–Kier alpha value is -6.85.